The Morgan fingerprint density at radius 2 is 1.02 bits per heavy atom. The maximum absolute atomic E-state index is 12.2. The van der Waals surface area contributed by atoms with Crippen LogP contribution in [0.5, 0.6) is 11.5 Å². The Morgan fingerprint density at radius 3 is 1.54 bits per heavy atom. The van der Waals surface area contributed by atoms with E-state index in [-0.39, 0.29) is 122 Å². The molecular formula is C34H27N5Na3O11S3. The normalized spacial score (nSPS) is 12.1. The molecule has 275 valence electrons. The molecule has 0 saturated carbocycles. The number of phenols is 2. The zero-order valence-electron chi connectivity index (χ0n) is 30.4. The van der Waals surface area contributed by atoms with E-state index in [9.17, 15) is 49.1 Å². The number of hydrogen-bond acceptors (Lipinski definition) is 13. The van der Waals surface area contributed by atoms with Crippen LogP contribution in [-0.2, 0) is 30.4 Å². The average molecular weight is 847 g/mol. The van der Waals surface area contributed by atoms with E-state index in [0.717, 1.165) is 29.3 Å². The first-order chi connectivity index (χ1) is 24.8. The third-order valence-corrected chi connectivity index (χ3v) is 10.9. The van der Waals surface area contributed by atoms with Crippen LogP contribution in [0.25, 0.3) is 32.7 Å². The Balaban J connectivity index is 0.00000280. The van der Waals surface area contributed by atoms with Crippen molar-refractivity contribution in [3.05, 3.63) is 96.1 Å². The number of anilines is 1. The molecule has 3 radical (unpaired) electrons. The zero-order chi connectivity index (χ0) is 38.6. The molecule has 0 heterocycles. The number of nitrogens with two attached hydrogens (primary N) is 1. The van der Waals surface area contributed by atoms with Gasteiger partial charge in [0.15, 0.2) is 11.5 Å². The number of azo groups is 2. The molecule has 0 atom stereocenters. The van der Waals surface area contributed by atoms with Gasteiger partial charge in [-0.2, -0.15) is 35.5 Å². The van der Waals surface area contributed by atoms with Crippen LogP contribution in [0.4, 0.5) is 28.4 Å². The molecule has 0 amide bonds. The van der Waals surface area contributed by atoms with Gasteiger partial charge in [-0.1, -0.05) is 30.3 Å². The first-order valence-corrected chi connectivity index (χ1v) is 19.4. The summed E-state index contributed by atoms with van der Waals surface area (Å²) in [6.45, 7) is 3.47. The van der Waals surface area contributed by atoms with Gasteiger partial charge in [-0.25, -0.2) is 0 Å². The van der Waals surface area contributed by atoms with Crippen molar-refractivity contribution in [1.29, 1.82) is 0 Å². The Hall–Kier alpha value is -2.83. The SMILES string of the molecule is Cc1cc(-c2ccc(N=Nc3c(S(=O)(=O)O)cc4cccc(S(=O)(=O)O)c4c3O)c(C)c2)ccc1N=Nc1ccc2c(S(=O)(=O)O)ccc(N)c2c1O.[Na].[Na].[Na]. The van der Waals surface area contributed by atoms with Crippen molar-refractivity contribution in [2.45, 2.75) is 28.5 Å². The Morgan fingerprint density at radius 1 is 0.518 bits per heavy atom. The third kappa shape index (κ3) is 9.71. The molecule has 6 aromatic rings. The number of aryl methyl sites for hydroxylation is 2. The number of phenolic OH excluding ortho intramolecular Hbond substituents is 2. The fourth-order valence-electron chi connectivity index (χ4n) is 5.70. The van der Waals surface area contributed by atoms with Gasteiger partial charge in [0.1, 0.15) is 26.1 Å². The summed E-state index contributed by atoms with van der Waals surface area (Å²) < 4.78 is 101. The van der Waals surface area contributed by atoms with Crippen LogP contribution in [0.2, 0.25) is 0 Å². The van der Waals surface area contributed by atoms with E-state index in [1.807, 2.05) is 6.07 Å². The second-order valence-electron chi connectivity index (χ2n) is 11.8. The van der Waals surface area contributed by atoms with Crippen LogP contribution in [0, 0.1) is 13.8 Å². The molecule has 0 aromatic heterocycles. The summed E-state index contributed by atoms with van der Waals surface area (Å²) in [5.74, 6) is -1.37. The Kier molecular flexibility index (Phi) is 15.3. The molecule has 0 saturated heterocycles. The molecule has 22 heteroatoms. The van der Waals surface area contributed by atoms with Crippen LogP contribution < -0.4 is 5.73 Å². The number of hydrogen-bond donors (Lipinski definition) is 6. The first kappa shape index (κ1) is 47.5. The van der Waals surface area contributed by atoms with Crippen molar-refractivity contribution in [3.8, 4) is 22.6 Å². The summed E-state index contributed by atoms with van der Waals surface area (Å²) in [6, 6.07) is 19.7. The van der Waals surface area contributed by atoms with Crippen molar-refractivity contribution in [2.24, 2.45) is 20.5 Å². The van der Waals surface area contributed by atoms with Gasteiger partial charge < -0.3 is 15.9 Å². The largest absolute Gasteiger partial charge is 0.505 e. The van der Waals surface area contributed by atoms with Crippen molar-refractivity contribution in [2.75, 3.05) is 5.73 Å². The van der Waals surface area contributed by atoms with Crippen molar-refractivity contribution < 1.29 is 49.1 Å². The quantitative estimate of drug-likeness (QED) is 0.0404. The number of rotatable bonds is 8. The van der Waals surface area contributed by atoms with E-state index < -0.39 is 67.6 Å². The third-order valence-electron chi connectivity index (χ3n) is 8.25. The van der Waals surface area contributed by atoms with Crippen LogP contribution in [0.15, 0.2) is 120 Å². The topological polar surface area (TPSA) is 279 Å². The molecule has 0 bridgehead atoms. The predicted octanol–water partition coefficient (Wildman–Crippen LogP) is 6.70. The van der Waals surface area contributed by atoms with Gasteiger partial charge in [0.05, 0.1) is 16.8 Å². The van der Waals surface area contributed by atoms with Crippen LogP contribution >= 0.6 is 0 Å². The summed E-state index contributed by atoms with van der Waals surface area (Å²) >= 11 is 0. The molecule has 7 N–H and O–H groups in total. The molecule has 0 aliphatic rings. The molecule has 0 unspecified atom stereocenters. The van der Waals surface area contributed by atoms with E-state index in [1.165, 1.54) is 30.3 Å². The maximum atomic E-state index is 12.2. The van der Waals surface area contributed by atoms with Crippen molar-refractivity contribution in [3.63, 3.8) is 0 Å². The standard InChI is InChI=1S/C34H27N5O11S3.3Na/c1-17-14-19(6-10-24(17)36-38-26-12-8-22-27(51(42,43)44)13-9-23(35)31(22)33(26)40)20-7-11-25(18(2)15-20)37-39-32-29(53(48,49)50)16-21-4-3-5-28(52(45,46)47)30(21)34(32)41;;;/h3-16,40-41H,35H2,1-2H3,(H,42,43,44)(H,45,46,47)(H,48,49,50);;;. The molecule has 16 nitrogen and oxygen atoms in total. The van der Waals surface area contributed by atoms with Gasteiger partial charge >= 0.3 is 0 Å². The Bertz CT molecular complexity index is 2950. The van der Waals surface area contributed by atoms with Gasteiger partial charge in [0.2, 0.25) is 0 Å². The summed E-state index contributed by atoms with van der Waals surface area (Å²) in [5.41, 5.74) is 8.71. The second-order valence-corrected chi connectivity index (χ2v) is 15.9. The van der Waals surface area contributed by atoms with Gasteiger partial charge in [0.25, 0.3) is 30.4 Å². The number of nitrogen functional groups attached to an aromatic ring is 1. The van der Waals surface area contributed by atoms with Crippen LogP contribution in [-0.4, -0.2) is 138 Å². The van der Waals surface area contributed by atoms with E-state index in [2.05, 4.69) is 20.5 Å². The molecule has 0 spiro atoms. The monoisotopic (exact) mass is 846 g/mol. The maximum Gasteiger partial charge on any atom is 0.296 e. The first-order valence-electron chi connectivity index (χ1n) is 15.1. The van der Waals surface area contributed by atoms with Crippen LogP contribution in [0.1, 0.15) is 11.1 Å². The molecule has 6 aromatic carbocycles. The van der Waals surface area contributed by atoms with Gasteiger partial charge in [-0.05, 0) is 96.1 Å². The van der Waals surface area contributed by atoms with Gasteiger partial charge in [-0.15, -0.1) is 10.2 Å². The average Bonchev–Trinajstić information content (AvgIpc) is 3.06. The molecule has 6 rings (SSSR count). The number of nitrogens with zero attached hydrogens (tertiary/aromatic N) is 4. The minimum absolute atomic E-state index is 0. The van der Waals surface area contributed by atoms with Crippen molar-refractivity contribution >= 4 is 169 Å². The number of fused-ring (bicyclic) bond motifs is 2. The minimum Gasteiger partial charge on any atom is -0.505 e. The fourth-order valence-corrected chi connectivity index (χ4v) is 7.77. The molecule has 0 aliphatic heterocycles. The van der Waals surface area contributed by atoms with E-state index >= 15 is 0 Å². The summed E-state index contributed by atoms with van der Waals surface area (Å²) in [7, 11) is -14.4. The minimum atomic E-state index is -4.99. The summed E-state index contributed by atoms with van der Waals surface area (Å²) in [5, 5.41) is 37.6. The Labute approximate surface area is 387 Å². The van der Waals surface area contributed by atoms with Crippen molar-refractivity contribution in [1.82, 2.24) is 0 Å². The fraction of sp³-hybridized carbons (Fsp3) is 0.0588. The summed E-state index contributed by atoms with van der Waals surface area (Å²) in [6.07, 6.45) is 0. The van der Waals surface area contributed by atoms with E-state index in [4.69, 9.17) is 5.73 Å². The second kappa shape index (κ2) is 18.0. The number of aromatic hydroxyl groups is 2. The number of benzene rings is 6. The molecule has 56 heavy (non-hydrogen) atoms. The molecule has 0 aliphatic carbocycles. The summed E-state index contributed by atoms with van der Waals surface area (Å²) in [4.78, 5) is -1.97. The van der Waals surface area contributed by atoms with Crippen LogP contribution in [0.3, 0.4) is 0 Å². The zero-order valence-corrected chi connectivity index (χ0v) is 38.8. The smallest absolute Gasteiger partial charge is 0.296 e. The van der Waals surface area contributed by atoms with E-state index in [0.29, 0.717) is 16.8 Å². The van der Waals surface area contributed by atoms with Gasteiger partial charge in [0, 0.05) is 105 Å². The molecule has 0 fully saturated rings. The molecular weight excluding hydrogens is 820 g/mol. The van der Waals surface area contributed by atoms with E-state index in [1.54, 1.807) is 44.2 Å². The van der Waals surface area contributed by atoms with Gasteiger partial charge in [-0.3, -0.25) is 13.7 Å². The predicted molar refractivity (Wildman–Crippen MR) is 212 cm³/mol.